The Balaban J connectivity index is 0. The quantitative estimate of drug-likeness (QED) is 0.444. The Morgan fingerprint density at radius 1 is 1.20 bits per heavy atom. The van der Waals surface area contributed by atoms with E-state index in [1.807, 2.05) is 19.1 Å². The van der Waals surface area contributed by atoms with Crippen LogP contribution in [0.3, 0.4) is 0 Å². The summed E-state index contributed by atoms with van der Waals surface area (Å²) >= 11 is 0. The minimum Gasteiger partial charge on any atom is -0.412 e. The third-order valence-electron chi connectivity index (χ3n) is 1.43. The molecule has 1 aromatic rings. The monoisotopic (exact) mass is 237 g/mol. The Kier molecular flexibility index (Phi) is 6.90. The van der Waals surface area contributed by atoms with E-state index < -0.39 is 10.4 Å². The molecule has 0 fully saturated rings. The lowest BCUT2D eigenvalue weighted by Gasteiger charge is -1.98. The standard InChI is InChI=1S/C8H11N.H2O4S.H2O/c1-6-3-4-8(9)7(2)5-6;1-5(2,3)4;/h3-5H,9H2,1-2H3;(H2,1,2,3,4);1H2. The van der Waals surface area contributed by atoms with Gasteiger partial charge in [-0.15, -0.1) is 0 Å². The van der Waals surface area contributed by atoms with Crippen LogP contribution in [0.5, 0.6) is 0 Å². The molecule has 0 unspecified atom stereocenters. The summed E-state index contributed by atoms with van der Waals surface area (Å²) < 4.78 is 31.6. The molecule has 6 nitrogen and oxygen atoms in total. The van der Waals surface area contributed by atoms with Crippen molar-refractivity contribution in [2.24, 2.45) is 0 Å². The van der Waals surface area contributed by atoms with Crippen molar-refractivity contribution in [3.05, 3.63) is 29.3 Å². The summed E-state index contributed by atoms with van der Waals surface area (Å²) in [5.41, 5.74) is 8.89. The molecule has 0 saturated carbocycles. The molecule has 0 amide bonds. The number of rotatable bonds is 0. The lowest BCUT2D eigenvalue weighted by Crippen LogP contribution is -1.89. The van der Waals surface area contributed by atoms with Gasteiger partial charge in [0.1, 0.15) is 0 Å². The second kappa shape index (κ2) is 6.36. The summed E-state index contributed by atoms with van der Waals surface area (Å²) in [6, 6.07) is 6.03. The highest BCUT2D eigenvalue weighted by Gasteiger charge is 1.89. The summed E-state index contributed by atoms with van der Waals surface area (Å²) in [5, 5.41) is 0. The van der Waals surface area contributed by atoms with E-state index in [9.17, 15) is 0 Å². The second-order valence-corrected chi connectivity index (χ2v) is 3.70. The Morgan fingerprint density at radius 2 is 1.60 bits per heavy atom. The first-order chi connectivity index (χ1) is 6.20. The van der Waals surface area contributed by atoms with Crippen LogP contribution in [0.15, 0.2) is 18.2 Å². The van der Waals surface area contributed by atoms with Gasteiger partial charge in [0.2, 0.25) is 0 Å². The summed E-state index contributed by atoms with van der Waals surface area (Å²) in [7, 11) is -4.67. The minimum atomic E-state index is -4.67. The van der Waals surface area contributed by atoms with Crippen molar-refractivity contribution >= 4 is 16.1 Å². The van der Waals surface area contributed by atoms with Gasteiger partial charge in [0.05, 0.1) is 0 Å². The predicted molar refractivity (Wildman–Crippen MR) is 58.1 cm³/mol. The minimum absolute atomic E-state index is 0. The normalized spacial score (nSPS) is 9.60. The van der Waals surface area contributed by atoms with Crippen molar-refractivity contribution in [2.75, 3.05) is 5.73 Å². The molecule has 6 N–H and O–H groups in total. The maximum absolute atomic E-state index is 8.74. The molecule has 0 atom stereocenters. The van der Waals surface area contributed by atoms with Gasteiger partial charge >= 0.3 is 10.4 Å². The molecule has 0 aliphatic heterocycles. The van der Waals surface area contributed by atoms with Crippen molar-refractivity contribution < 1.29 is 23.0 Å². The van der Waals surface area contributed by atoms with Crippen LogP contribution in [0.25, 0.3) is 0 Å². The molecule has 0 heterocycles. The van der Waals surface area contributed by atoms with E-state index in [1.165, 1.54) is 5.56 Å². The van der Waals surface area contributed by atoms with Crippen molar-refractivity contribution in [1.29, 1.82) is 0 Å². The number of nitrogens with two attached hydrogens (primary N) is 1. The molecular weight excluding hydrogens is 222 g/mol. The molecule has 7 heteroatoms. The highest BCUT2D eigenvalue weighted by Crippen LogP contribution is 2.10. The largest absolute Gasteiger partial charge is 0.412 e. The SMILES string of the molecule is Cc1ccc(N)c(C)c1.O.O=S(=O)(O)O. The van der Waals surface area contributed by atoms with Crippen molar-refractivity contribution in [3.63, 3.8) is 0 Å². The van der Waals surface area contributed by atoms with Gasteiger partial charge in [0.15, 0.2) is 0 Å². The average Bonchev–Trinajstić information content (AvgIpc) is 1.94. The average molecular weight is 237 g/mol. The predicted octanol–water partition coefficient (Wildman–Crippen LogP) is 0.408. The van der Waals surface area contributed by atoms with E-state index >= 15 is 0 Å². The van der Waals surface area contributed by atoms with Crippen LogP contribution in [-0.2, 0) is 10.4 Å². The molecule has 88 valence electrons. The smallest absolute Gasteiger partial charge is 0.394 e. The maximum Gasteiger partial charge on any atom is 0.394 e. The van der Waals surface area contributed by atoms with Crippen LogP contribution in [0.4, 0.5) is 5.69 Å². The number of benzene rings is 1. The van der Waals surface area contributed by atoms with Gasteiger partial charge in [-0.1, -0.05) is 17.7 Å². The lowest BCUT2D eigenvalue weighted by molar-refractivity contribution is 0.381. The van der Waals surface area contributed by atoms with Gasteiger partial charge in [-0.05, 0) is 25.5 Å². The molecule has 0 radical (unpaired) electrons. The molecule has 1 rings (SSSR count). The highest BCUT2D eigenvalue weighted by atomic mass is 32.3. The molecule has 15 heavy (non-hydrogen) atoms. The molecule has 0 bridgehead atoms. The van der Waals surface area contributed by atoms with Crippen molar-refractivity contribution in [3.8, 4) is 0 Å². The maximum atomic E-state index is 8.74. The van der Waals surface area contributed by atoms with E-state index in [4.69, 9.17) is 23.3 Å². The van der Waals surface area contributed by atoms with Crippen molar-refractivity contribution in [1.82, 2.24) is 0 Å². The third kappa shape index (κ3) is 10.8. The number of hydrogen-bond donors (Lipinski definition) is 3. The Morgan fingerprint density at radius 3 is 1.87 bits per heavy atom. The van der Waals surface area contributed by atoms with Gasteiger partial charge < -0.3 is 11.2 Å². The topological polar surface area (TPSA) is 132 Å². The molecule has 0 aromatic heterocycles. The zero-order valence-corrected chi connectivity index (χ0v) is 9.25. The summed E-state index contributed by atoms with van der Waals surface area (Å²) in [6.45, 7) is 4.08. The molecule has 1 aromatic carbocycles. The lowest BCUT2D eigenvalue weighted by atomic mass is 10.1. The van der Waals surface area contributed by atoms with Crippen LogP contribution in [0.1, 0.15) is 11.1 Å². The van der Waals surface area contributed by atoms with Crippen LogP contribution in [0, 0.1) is 13.8 Å². The fraction of sp³-hybridized carbons (Fsp3) is 0.250. The van der Waals surface area contributed by atoms with Crippen LogP contribution in [-0.4, -0.2) is 23.0 Å². The summed E-state index contributed by atoms with van der Waals surface area (Å²) in [4.78, 5) is 0. The number of hydrogen-bond acceptors (Lipinski definition) is 3. The number of nitrogen functional groups attached to an aromatic ring is 1. The number of anilines is 1. The van der Waals surface area contributed by atoms with E-state index in [-0.39, 0.29) is 5.48 Å². The first-order valence-electron chi connectivity index (χ1n) is 3.73. The number of aryl methyl sites for hydroxylation is 2. The Labute approximate surface area is 88.6 Å². The molecule has 0 aliphatic rings. The van der Waals surface area contributed by atoms with Gasteiger partial charge in [-0.25, -0.2) is 0 Å². The fourth-order valence-corrected chi connectivity index (χ4v) is 0.826. The first kappa shape index (κ1) is 16.3. The molecule has 0 spiro atoms. The van der Waals surface area contributed by atoms with E-state index in [1.54, 1.807) is 0 Å². The van der Waals surface area contributed by atoms with Crippen LogP contribution >= 0.6 is 0 Å². The molecular formula is C8H15NO5S. The Bertz CT molecular complexity index is 393. The zero-order chi connectivity index (χ0) is 11.4. The van der Waals surface area contributed by atoms with Crippen molar-refractivity contribution in [2.45, 2.75) is 13.8 Å². The molecule has 0 aliphatic carbocycles. The fourth-order valence-electron chi connectivity index (χ4n) is 0.826. The van der Waals surface area contributed by atoms with Gasteiger partial charge in [0, 0.05) is 5.69 Å². The summed E-state index contributed by atoms with van der Waals surface area (Å²) in [6.07, 6.45) is 0. The van der Waals surface area contributed by atoms with Crippen LogP contribution in [0.2, 0.25) is 0 Å². The van der Waals surface area contributed by atoms with Crippen LogP contribution < -0.4 is 5.73 Å². The van der Waals surface area contributed by atoms with E-state index in [0.717, 1.165) is 11.3 Å². The van der Waals surface area contributed by atoms with E-state index in [2.05, 4.69) is 13.0 Å². The van der Waals surface area contributed by atoms with Gasteiger partial charge in [-0.3, -0.25) is 9.11 Å². The Hall–Kier alpha value is -1.15. The van der Waals surface area contributed by atoms with E-state index in [0.29, 0.717) is 0 Å². The molecule has 0 saturated heterocycles. The summed E-state index contributed by atoms with van der Waals surface area (Å²) in [5.74, 6) is 0. The van der Waals surface area contributed by atoms with Gasteiger partial charge in [0.25, 0.3) is 0 Å². The van der Waals surface area contributed by atoms with Gasteiger partial charge in [-0.2, -0.15) is 8.42 Å². The first-order valence-corrected chi connectivity index (χ1v) is 5.12. The second-order valence-electron chi connectivity index (χ2n) is 2.81. The highest BCUT2D eigenvalue weighted by molar-refractivity contribution is 7.79. The third-order valence-corrected chi connectivity index (χ3v) is 1.43. The zero-order valence-electron chi connectivity index (χ0n) is 8.43.